The van der Waals surface area contributed by atoms with E-state index in [4.69, 9.17) is 15.0 Å². The molecule has 0 atom stereocenters. The first-order chi connectivity index (χ1) is 25.3. The van der Waals surface area contributed by atoms with Crippen LogP contribution in [0.4, 0.5) is 0 Å². The van der Waals surface area contributed by atoms with Crippen LogP contribution in [0.2, 0.25) is 0 Å². The average molecular weight is 687 g/mol. The highest BCUT2D eigenvalue weighted by molar-refractivity contribution is 7.30. The molecule has 0 radical (unpaired) electrons. The van der Waals surface area contributed by atoms with Gasteiger partial charge in [-0.05, 0) is 30.3 Å². The fourth-order valence-electron chi connectivity index (χ4n) is 7.61. The van der Waals surface area contributed by atoms with Crippen LogP contribution in [0.15, 0.2) is 158 Å². The SMILES string of the molecule is c1ccc(-c2nc(-c3ccccc3)nc(-c3cccc(-n4c5ccccc5c5c6c7ccccc7sc6c6c7ccccc7sc6c54)c3)n2)cc1. The van der Waals surface area contributed by atoms with E-state index in [1.54, 1.807) is 0 Å². The van der Waals surface area contributed by atoms with Crippen LogP contribution in [0.1, 0.15) is 0 Å². The summed E-state index contributed by atoms with van der Waals surface area (Å²) in [5, 5.41) is 7.86. The Morgan fingerprint density at radius 3 is 1.57 bits per heavy atom. The van der Waals surface area contributed by atoms with Crippen LogP contribution in [0, 0.1) is 0 Å². The van der Waals surface area contributed by atoms with Gasteiger partial charge in [0.05, 0.1) is 15.7 Å². The quantitative estimate of drug-likeness (QED) is 0.185. The second-order valence-electron chi connectivity index (χ2n) is 12.8. The van der Waals surface area contributed by atoms with Crippen LogP contribution in [0.25, 0.3) is 102 Å². The van der Waals surface area contributed by atoms with Crippen molar-refractivity contribution >= 4 is 84.8 Å². The third kappa shape index (κ3) is 4.34. The van der Waals surface area contributed by atoms with Crippen LogP contribution in [-0.4, -0.2) is 19.5 Å². The monoisotopic (exact) mass is 686 g/mol. The minimum Gasteiger partial charge on any atom is -0.308 e. The molecule has 4 aromatic heterocycles. The van der Waals surface area contributed by atoms with E-state index in [2.05, 4.69) is 102 Å². The first-order valence-corrected chi connectivity index (χ1v) is 18.6. The lowest BCUT2D eigenvalue weighted by molar-refractivity contribution is 1.07. The summed E-state index contributed by atoms with van der Waals surface area (Å²) in [6.45, 7) is 0. The summed E-state index contributed by atoms with van der Waals surface area (Å²) in [5.74, 6) is 1.95. The van der Waals surface area contributed by atoms with Gasteiger partial charge in [0.1, 0.15) is 0 Å². The van der Waals surface area contributed by atoms with Crippen molar-refractivity contribution in [3.8, 4) is 39.9 Å². The van der Waals surface area contributed by atoms with Crippen molar-refractivity contribution in [3.05, 3.63) is 158 Å². The predicted octanol–water partition coefficient (Wildman–Crippen LogP) is 12.7. The number of rotatable bonds is 4. The number of aromatic nitrogens is 4. The summed E-state index contributed by atoms with van der Waals surface area (Å²) in [4.78, 5) is 15.1. The Labute approximate surface area is 300 Å². The maximum absolute atomic E-state index is 5.07. The summed E-state index contributed by atoms with van der Waals surface area (Å²) in [6, 6.07) is 55.6. The molecule has 0 aliphatic rings. The Morgan fingerprint density at radius 1 is 0.392 bits per heavy atom. The zero-order chi connectivity index (χ0) is 33.5. The van der Waals surface area contributed by atoms with E-state index in [1.165, 1.54) is 62.2 Å². The molecule has 0 N–H and O–H groups in total. The van der Waals surface area contributed by atoms with Gasteiger partial charge < -0.3 is 4.57 Å². The molecule has 238 valence electrons. The molecule has 11 rings (SSSR count). The van der Waals surface area contributed by atoms with Gasteiger partial charge >= 0.3 is 0 Å². The van der Waals surface area contributed by atoms with E-state index in [1.807, 2.05) is 83.3 Å². The highest BCUT2D eigenvalue weighted by Gasteiger charge is 2.24. The van der Waals surface area contributed by atoms with Crippen molar-refractivity contribution in [3.63, 3.8) is 0 Å². The number of para-hydroxylation sites is 1. The topological polar surface area (TPSA) is 43.6 Å². The summed E-state index contributed by atoms with van der Waals surface area (Å²) in [5.41, 5.74) is 6.33. The molecule has 0 spiro atoms. The molecule has 4 nitrogen and oxygen atoms in total. The summed E-state index contributed by atoms with van der Waals surface area (Å²) in [6.07, 6.45) is 0. The molecule has 51 heavy (non-hydrogen) atoms. The van der Waals surface area contributed by atoms with E-state index in [0.29, 0.717) is 17.5 Å². The molecule has 0 aliphatic heterocycles. The lowest BCUT2D eigenvalue weighted by Gasteiger charge is -2.12. The smallest absolute Gasteiger partial charge is 0.164 e. The van der Waals surface area contributed by atoms with Crippen LogP contribution < -0.4 is 0 Å². The maximum Gasteiger partial charge on any atom is 0.164 e. The zero-order valence-electron chi connectivity index (χ0n) is 27.1. The van der Waals surface area contributed by atoms with Crippen molar-refractivity contribution in [1.82, 2.24) is 19.5 Å². The van der Waals surface area contributed by atoms with Gasteiger partial charge in [-0.1, -0.05) is 127 Å². The second-order valence-corrected chi connectivity index (χ2v) is 14.9. The highest BCUT2D eigenvalue weighted by Crippen LogP contribution is 2.52. The van der Waals surface area contributed by atoms with E-state index >= 15 is 0 Å². The molecular formula is C45H26N4S2. The summed E-state index contributed by atoms with van der Waals surface area (Å²) in [7, 11) is 0. The number of fused-ring (bicyclic) bond motifs is 12. The molecule has 6 heteroatoms. The number of benzene rings is 7. The molecule has 0 unspecified atom stereocenters. The number of nitrogens with zero attached hydrogens (tertiary/aromatic N) is 4. The number of hydrogen-bond acceptors (Lipinski definition) is 5. The van der Waals surface area contributed by atoms with Gasteiger partial charge in [0, 0.05) is 68.8 Å². The van der Waals surface area contributed by atoms with Gasteiger partial charge in [0.2, 0.25) is 0 Å². The molecule has 0 bridgehead atoms. The van der Waals surface area contributed by atoms with E-state index in [9.17, 15) is 0 Å². The van der Waals surface area contributed by atoms with Crippen LogP contribution in [0.5, 0.6) is 0 Å². The predicted molar refractivity (Wildman–Crippen MR) is 216 cm³/mol. The van der Waals surface area contributed by atoms with Crippen LogP contribution in [0.3, 0.4) is 0 Å². The molecule has 7 aromatic carbocycles. The van der Waals surface area contributed by atoms with Crippen LogP contribution >= 0.6 is 22.7 Å². The van der Waals surface area contributed by atoms with Crippen molar-refractivity contribution in [2.75, 3.05) is 0 Å². The number of hydrogen-bond donors (Lipinski definition) is 0. The average Bonchev–Trinajstić information content (AvgIpc) is 3.88. The number of thiophene rings is 2. The third-order valence-corrected chi connectivity index (χ3v) is 12.2. The van der Waals surface area contributed by atoms with Crippen molar-refractivity contribution < 1.29 is 0 Å². The van der Waals surface area contributed by atoms with Crippen molar-refractivity contribution in [2.45, 2.75) is 0 Å². The van der Waals surface area contributed by atoms with Crippen molar-refractivity contribution in [1.29, 1.82) is 0 Å². The lowest BCUT2D eigenvalue weighted by atomic mass is 10.0. The molecule has 0 amide bonds. The molecule has 0 fully saturated rings. The van der Waals surface area contributed by atoms with Crippen molar-refractivity contribution in [2.24, 2.45) is 0 Å². The first-order valence-electron chi connectivity index (χ1n) is 17.0. The van der Waals surface area contributed by atoms with Crippen LogP contribution in [-0.2, 0) is 0 Å². The Morgan fingerprint density at radius 2 is 0.902 bits per heavy atom. The molecule has 0 saturated carbocycles. The fraction of sp³-hybridized carbons (Fsp3) is 0. The Hall–Kier alpha value is -6.21. The molecular weight excluding hydrogens is 661 g/mol. The standard InChI is InChI=1S/C45H26N4S2/c1-3-14-27(15-4-1)43-46-44(28-16-5-2-6-17-28)48-45(47-43)29-18-13-19-30(26-29)49-34-23-10-7-20-31(34)37-38-32-21-8-11-24-35(32)50-41(38)39-33-22-9-12-25-36(33)51-42(39)40(37)49/h1-26H. The van der Waals surface area contributed by atoms with Gasteiger partial charge in [-0.3, -0.25) is 0 Å². The molecule has 11 aromatic rings. The zero-order valence-corrected chi connectivity index (χ0v) is 28.7. The fourth-order valence-corrected chi connectivity index (χ4v) is 10.2. The van der Waals surface area contributed by atoms with Gasteiger partial charge in [0.15, 0.2) is 17.5 Å². The molecule has 0 aliphatic carbocycles. The van der Waals surface area contributed by atoms with E-state index in [-0.39, 0.29) is 0 Å². The van der Waals surface area contributed by atoms with E-state index in [0.717, 1.165) is 22.4 Å². The van der Waals surface area contributed by atoms with Gasteiger partial charge in [-0.2, -0.15) is 0 Å². The molecule has 4 heterocycles. The minimum absolute atomic E-state index is 0.642. The Kier molecular flexibility index (Phi) is 6.26. The van der Waals surface area contributed by atoms with Gasteiger partial charge in [0.25, 0.3) is 0 Å². The lowest BCUT2D eigenvalue weighted by Crippen LogP contribution is -2.01. The minimum atomic E-state index is 0.642. The van der Waals surface area contributed by atoms with Gasteiger partial charge in [-0.25, -0.2) is 15.0 Å². The summed E-state index contributed by atoms with van der Waals surface area (Å²) >= 11 is 3.81. The first kappa shape index (κ1) is 28.6. The van der Waals surface area contributed by atoms with E-state index < -0.39 is 0 Å². The molecule has 0 saturated heterocycles. The highest BCUT2D eigenvalue weighted by atomic mass is 32.1. The van der Waals surface area contributed by atoms with Gasteiger partial charge in [-0.15, -0.1) is 22.7 Å². The Bertz CT molecular complexity index is 3080. The second kappa shape index (κ2) is 11.2. The largest absolute Gasteiger partial charge is 0.308 e. The summed E-state index contributed by atoms with van der Waals surface area (Å²) < 4.78 is 7.75. The Balaban J connectivity index is 1.24. The maximum atomic E-state index is 5.07. The third-order valence-electron chi connectivity index (χ3n) is 9.82. The normalized spacial score (nSPS) is 11.9.